The molecule has 0 heterocycles. The molecule has 0 unspecified atom stereocenters. The molecule has 2 aromatic carbocycles. The van der Waals surface area contributed by atoms with Gasteiger partial charge in [0.2, 0.25) is 0 Å². The fraction of sp³-hybridized carbons (Fsp3) is 0.304. The molecule has 0 bridgehead atoms. The Morgan fingerprint density at radius 3 is 2.47 bits per heavy atom. The number of ether oxygens (including phenoxy) is 2. The van der Waals surface area contributed by atoms with E-state index in [1.807, 2.05) is 32.0 Å². The molecule has 0 aliphatic heterocycles. The molecule has 0 atom stereocenters. The van der Waals surface area contributed by atoms with Gasteiger partial charge in [-0.1, -0.05) is 17.7 Å². The van der Waals surface area contributed by atoms with Crippen LogP contribution >= 0.6 is 0 Å². The Kier molecular flexibility index (Phi) is 9.86. The Morgan fingerprint density at radius 2 is 1.78 bits per heavy atom. The molecule has 170 valence electrons. The molecule has 0 aromatic heterocycles. The predicted octanol–water partition coefficient (Wildman–Crippen LogP) is 1.92. The minimum absolute atomic E-state index is 0.129. The Balaban J connectivity index is 1.74. The number of hydrazone groups is 1. The number of nitrogens with zero attached hydrogens (tertiary/aromatic N) is 1. The van der Waals surface area contributed by atoms with Crippen LogP contribution in [0.25, 0.3) is 0 Å². The standard InChI is InChI=1S/C23H28N4O5/c1-16-5-10-20(17(2)13-16)26-21(28)15-32-19-8-6-18(7-9-19)14-25-27-23(30)22(29)24-11-4-12-31-3/h5-10,13-14H,4,11-12,15H2,1-3H3,(H,24,29)(H,26,28)(H,27,30)/b25-14-. The first-order valence-corrected chi connectivity index (χ1v) is 10.1. The maximum absolute atomic E-state index is 12.1. The molecule has 2 aromatic rings. The van der Waals surface area contributed by atoms with Gasteiger partial charge in [0.25, 0.3) is 5.91 Å². The minimum Gasteiger partial charge on any atom is -0.484 e. The third kappa shape index (κ3) is 8.57. The third-order valence-corrected chi connectivity index (χ3v) is 4.30. The zero-order chi connectivity index (χ0) is 23.3. The molecule has 3 N–H and O–H groups in total. The normalized spacial score (nSPS) is 10.6. The highest BCUT2D eigenvalue weighted by Crippen LogP contribution is 2.16. The number of methoxy groups -OCH3 is 1. The smallest absolute Gasteiger partial charge is 0.329 e. The van der Waals surface area contributed by atoms with Gasteiger partial charge >= 0.3 is 11.8 Å². The Bertz CT molecular complexity index is 957. The monoisotopic (exact) mass is 440 g/mol. The zero-order valence-electron chi connectivity index (χ0n) is 18.4. The SMILES string of the molecule is COCCCNC(=O)C(=O)N/N=C\c1ccc(OCC(=O)Nc2ccc(C)cc2C)cc1. The number of aryl methyl sites for hydroxylation is 2. The predicted molar refractivity (Wildman–Crippen MR) is 122 cm³/mol. The number of nitrogens with one attached hydrogen (secondary N) is 3. The molecule has 9 nitrogen and oxygen atoms in total. The van der Waals surface area contributed by atoms with E-state index in [1.165, 1.54) is 6.21 Å². The fourth-order valence-electron chi connectivity index (χ4n) is 2.65. The van der Waals surface area contributed by atoms with Crippen molar-refractivity contribution < 1.29 is 23.9 Å². The van der Waals surface area contributed by atoms with Gasteiger partial charge in [0.1, 0.15) is 5.75 Å². The lowest BCUT2D eigenvalue weighted by Gasteiger charge is -2.10. The largest absolute Gasteiger partial charge is 0.484 e. The molecule has 0 saturated heterocycles. The average Bonchev–Trinajstić information content (AvgIpc) is 2.78. The second kappa shape index (κ2) is 12.9. The summed E-state index contributed by atoms with van der Waals surface area (Å²) in [7, 11) is 1.56. The van der Waals surface area contributed by atoms with Gasteiger partial charge in [0.15, 0.2) is 6.61 Å². The summed E-state index contributed by atoms with van der Waals surface area (Å²) in [6.07, 6.45) is 2.01. The number of carbonyl (C=O) groups excluding carboxylic acids is 3. The number of anilines is 1. The van der Waals surface area contributed by atoms with E-state index in [1.54, 1.807) is 31.4 Å². The topological polar surface area (TPSA) is 118 Å². The maximum Gasteiger partial charge on any atom is 0.329 e. The first kappa shape index (κ1) is 24.5. The fourth-order valence-corrected chi connectivity index (χ4v) is 2.65. The van der Waals surface area contributed by atoms with E-state index in [2.05, 4.69) is 21.2 Å². The highest BCUT2D eigenvalue weighted by atomic mass is 16.5. The molecule has 0 fully saturated rings. The molecular formula is C23H28N4O5. The first-order valence-electron chi connectivity index (χ1n) is 10.1. The molecule has 0 aliphatic rings. The molecule has 32 heavy (non-hydrogen) atoms. The van der Waals surface area contributed by atoms with Crippen molar-refractivity contribution in [3.63, 3.8) is 0 Å². The van der Waals surface area contributed by atoms with Crippen molar-refractivity contribution >= 4 is 29.6 Å². The molecule has 9 heteroatoms. The lowest BCUT2D eigenvalue weighted by atomic mass is 10.1. The number of hydrogen-bond donors (Lipinski definition) is 3. The van der Waals surface area contributed by atoms with Gasteiger partial charge in [-0.25, -0.2) is 5.43 Å². The molecule has 2 rings (SSSR count). The third-order valence-electron chi connectivity index (χ3n) is 4.30. The number of rotatable bonds is 10. The van der Waals surface area contributed by atoms with Gasteiger partial charge in [0.05, 0.1) is 6.21 Å². The number of amides is 3. The Hall–Kier alpha value is -3.72. The van der Waals surface area contributed by atoms with Crippen LogP contribution in [0, 0.1) is 13.8 Å². The summed E-state index contributed by atoms with van der Waals surface area (Å²) in [6, 6.07) is 12.6. The molecule has 0 aliphatic carbocycles. The minimum atomic E-state index is -0.853. The van der Waals surface area contributed by atoms with E-state index < -0.39 is 11.8 Å². The van der Waals surface area contributed by atoms with Gasteiger partial charge < -0.3 is 20.1 Å². The number of hydrogen-bond acceptors (Lipinski definition) is 6. The number of benzene rings is 2. The lowest BCUT2D eigenvalue weighted by molar-refractivity contribution is -0.139. The lowest BCUT2D eigenvalue weighted by Crippen LogP contribution is -2.38. The van der Waals surface area contributed by atoms with Crippen molar-refractivity contribution in [1.82, 2.24) is 10.7 Å². The second-order valence-electron chi connectivity index (χ2n) is 7.03. The molecule has 0 radical (unpaired) electrons. The van der Waals surface area contributed by atoms with Crippen molar-refractivity contribution in [2.45, 2.75) is 20.3 Å². The van der Waals surface area contributed by atoms with Crippen LogP contribution in [0.1, 0.15) is 23.1 Å². The van der Waals surface area contributed by atoms with E-state index in [0.717, 1.165) is 16.8 Å². The molecule has 3 amide bonds. The van der Waals surface area contributed by atoms with Gasteiger partial charge in [-0.15, -0.1) is 0 Å². The van der Waals surface area contributed by atoms with Crippen molar-refractivity contribution in [1.29, 1.82) is 0 Å². The second-order valence-corrected chi connectivity index (χ2v) is 7.03. The number of carbonyl (C=O) groups is 3. The Morgan fingerprint density at radius 1 is 1.03 bits per heavy atom. The van der Waals surface area contributed by atoms with Gasteiger partial charge in [-0.2, -0.15) is 5.10 Å². The molecule has 0 spiro atoms. The average molecular weight is 441 g/mol. The van der Waals surface area contributed by atoms with Crippen LogP contribution < -0.4 is 20.8 Å². The Labute approximate surface area is 187 Å². The van der Waals surface area contributed by atoms with Gasteiger partial charge in [-0.05, 0) is 61.7 Å². The van der Waals surface area contributed by atoms with Crippen LogP contribution in [0.3, 0.4) is 0 Å². The van der Waals surface area contributed by atoms with Crippen LogP contribution in [0.4, 0.5) is 5.69 Å². The first-order chi connectivity index (χ1) is 15.4. The van der Waals surface area contributed by atoms with Crippen LogP contribution in [-0.4, -0.2) is 50.8 Å². The highest BCUT2D eigenvalue weighted by Gasteiger charge is 2.11. The summed E-state index contributed by atoms with van der Waals surface area (Å²) in [5.74, 6) is -1.36. The van der Waals surface area contributed by atoms with E-state index in [9.17, 15) is 14.4 Å². The van der Waals surface area contributed by atoms with Gasteiger partial charge in [0, 0.05) is 25.9 Å². The summed E-state index contributed by atoms with van der Waals surface area (Å²) in [6.45, 7) is 4.63. The van der Waals surface area contributed by atoms with Crippen LogP contribution in [0.15, 0.2) is 47.6 Å². The summed E-state index contributed by atoms with van der Waals surface area (Å²) >= 11 is 0. The van der Waals surface area contributed by atoms with Crippen LogP contribution in [-0.2, 0) is 19.1 Å². The van der Waals surface area contributed by atoms with E-state index in [0.29, 0.717) is 30.9 Å². The van der Waals surface area contributed by atoms with Crippen molar-refractivity contribution in [2.24, 2.45) is 5.10 Å². The summed E-state index contributed by atoms with van der Waals surface area (Å²) in [4.78, 5) is 35.3. The van der Waals surface area contributed by atoms with Crippen molar-refractivity contribution in [3.05, 3.63) is 59.2 Å². The maximum atomic E-state index is 12.1. The van der Waals surface area contributed by atoms with E-state index in [4.69, 9.17) is 9.47 Å². The van der Waals surface area contributed by atoms with Gasteiger partial charge in [-0.3, -0.25) is 14.4 Å². The molecular weight excluding hydrogens is 412 g/mol. The summed E-state index contributed by atoms with van der Waals surface area (Å²) in [5, 5.41) is 9.04. The summed E-state index contributed by atoms with van der Waals surface area (Å²) < 4.78 is 10.4. The quantitative estimate of drug-likeness (QED) is 0.226. The van der Waals surface area contributed by atoms with Crippen molar-refractivity contribution in [3.8, 4) is 5.75 Å². The highest BCUT2D eigenvalue weighted by molar-refractivity contribution is 6.35. The van der Waals surface area contributed by atoms with E-state index >= 15 is 0 Å². The van der Waals surface area contributed by atoms with Crippen LogP contribution in [0.5, 0.6) is 5.75 Å². The van der Waals surface area contributed by atoms with Crippen molar-refractivity contribution in [2.75, 3.05) is 32.2 Å². The zero-order valence-corrected chi connectivity index (χ0v) is 18.4. The summed E-state index contributed by atoms with van der Waals surface area (Å²) in [5.41, 5.74) is 5.70. The van der Waals surface area contributed by atoms with E-state index in [-0.39, 0.29) is 12.5 Å². The van der Waals surface area contributed by atoms with Crippen LogP contribution in [0.2, 0.25) is 0 Å². The molecule has 0 saturated carbocycles.